The first-order valence-corrected chi connectivity index (χ1v) is 9.91. The number of hydrogen-bond donors (Lipinski definition) is 2. The molecule has 1 aromatic carbocycles. The van der Waals surface area contributed by atoms with Crippen LogP contribution in [0.2, 0.25) is 0 Å². The summed E-state index contributed by atoms with van der Waals surface area (Å²) in [6, 6.07) is 6.25. The number of rotatable bonds is 4. The van der Waals surface area contributed by atoms with E-state index in [0.29, 0.717) is 30.4 Å². The second kappa shape index (κ2) is 6.93. The molecule has 1 aromatic rings. The summed E-state index contributed by atoms with van der Waals surface area (Å²) < 4.78 is 27.4. The second-order valence-electron chi connectivity index (χ2n) is 6.58. The number of aliphatic imine (C=N–C) groups is 1. The van der Waals surface area contributed by atoms with Crippen molar-refractivity contribution in [3.05, 3.63) is 24.3 Å². The minimum atomic E-state index is -3.63. The molecule has 0 saturated heterocycles. The van der Waals surface area contributed by atoms with Gasteiger partial charge in [-0.3, -0.25) is 14.5 Å². The van der Waals surface area contributed by atoms with Gasteiger partial charge in [0.1, 0.15) is 5.84 Å². The maximum Gasteiger partial charge on any atom is 0.262 e. The largest absolute Gasteiger partial charge is 0.326 e. The van der Waals surface area contributed by atoms with Crippen molar-refractivity contribution in [1.82, 2.24) is 4.72 Å². The van der Waals surface area contributed by atoms with Gasteiger partial charge in [-0.05, 0) is 49.4 Å². The first kappa shape index (κ1) is 17.0. The van der Waals surface area contributed by atoms with Gasteiger partial charge in [-0.25, -0.2) is 8.42 Å². The standard InChI is InChI=1S/C17H23N3O3S/c1-12-11-15(12)17(21)19-13-6-8-14(9-7-13)24(22,23)20-16-5-3-2-4-10-18-16/h6-9,12,15H,2-5,10-11H2,1H3,(H,18,20)(H,19,21)/t12-,15+/m0/s1. The van der Waals surface area contributed by atoms with Crippen LogP contribution < -0.4 is 10.0 Å². The van der Waals surface area contributed by atoms with E-state index in [2.05, 4.69) is 15.0 Å². The normalized spacial score (nSPS) is 23.8. The van der Waals surface area contributed by atoms with Gasteiger partial charge in [-0.1, -0.05) is 13.3 Å². The van der Waals surface area contributed by atoms with Crippen LogP contribution in [0.3, 0.4) is 0 Å². The molecule has 1 aliphatic carbocycles. The Morgan fingerprint density at radius 1 is 1.17 bits per heavy atom. The highest BCUT2D eigenvalue weighted by atomic mass is 32.2. The minimum Gasteiger partial charge on any atom is -0.326 e. The molecule has 6 nitrogen and oxygen atoms in total. The predicted octanol–water partition coefficient (Wildman–Crippen LogP) is 2.53. The highest BCUT2D eigenvalue weighted by molar-refractivity contribution is 7.90. The molecule has 7 heteroatoms. The molecule has 0 spiro atoms. The molecular weight excluding hydrogens is 326 g/mol. The van der Waals surface area contributed by atoms with Gasteiger partial charge < -0.3 is 5.32 Å². The number of hydrogen-bond acceptors (Lipinski definition) is 4. The number of nitrogens with one attached hydrogen (secondary N) is 2. The number of sulfonamides is 1. The lowest BCUT2D eigenvalue weighted by atomic mass is 10.2. The third-order valence-electron chi connectivity index (χ3n) is 4.50. The molecule has 1 fully saturated rings. The molecule has 3 rings (SSSR count). The molecule has 0 aromatic heterocycles. The zero-order valence-corrected chi connectivity index (χ0v) is 14.6. The molecule has 1 heterocycles. The monoisotopic (exact) mass is 349 g/mol. The van der Waals surface area contributed by atoms with E-state index in [0.717, 1.165) is 25.7 Å². The van der Waals surface area contributed by atoms with Crippen molar-refractivity contribution in [3.63, 3.8) is 0 Å². The predicted molar refractivity (Wildman–Crippen MR) is 93.4 cm³/mol. The van der Waals surface area contributed by atoms with E-state index in [1.54, 1.807) is 12.1 Å². The Bertz CT molecular complexity index is 741. The maximum atomic E-state index is 12.4. The van der Waals surface area contributed by atoms with Crippen molar-refractivity contribution in [2.45, 2.75) is 43.9 Å². The van der Waals surface area contributed by atoms with Gasteiger partial charge in [0.05, 0.1) is 4.90 Å². The number of amidine groups is 1. The Kier molecular flexibility index (Phi) is 4.89. The van der Waals surface area contributed by atoms with Crippen LogP contribution in [0.4, 0.5) is 5.69 Å². The van der Waals surface area contributed by atoms with E-state index in [1.807, 2.05) is 6.92 Å². The maximum absolute atomic E-state index is 12.4. The molecule has 2 atom stereocenters. The van der Waals surface area contributed by atoms with Crippen LogP contribution >= 0.6 is 0 Å². The fourth-order valence-electron chi connectivity index (χ4n) is 2.81. The van der Waals surface area contributed by atoms with Crippen LogP contribution in [0.1, 0.15) is 39.0 Å². The van der Waals surface area contributed by atoms with Gasteiger partial charge in [0.15, 0.2) is 0 Å². The molecule has 1 amide bonds. The Morgan fingerprint density at radius 2 is 1.88 bits per heavy atom. The zero-order valence-electron chi connectivity index (χ0n) is 13.8. The average molecular weight is 349 g/mol. The van der Waals surface area contributed by atoms with Crippen molar-refractivity contribution in [3.8, 4) is 0 Å². The Hall–Kier alpha value is -1.89. The Morgan fingerprint density at radius 3 is 2.54 bits per heavy atom. The molecule has 1 aliphatic heterocycles. The highest BCUT2D eigenvalue weighted by Gasteiger charge is 2.39. The van der Waals surface area contributed by atoms with Crippen molar-refractivity contribution >= 4 is 27.5 Å². The summed E-state index contributed by atoms with van der Waals surface area (Å²) in [5.41, 5.74) is 0.616. The molecule has 130 valence electrons. The fraction of sp³-hybridized carbons (Fsp3) is 0.529. The third-order valence-corrected chi connectivity index (χ3v) is 5.90. The zero-order chi connectivity index (χ0) is 17.2. The first-order valence-electron chi connectivity index (χ1n) is 8.43. The van der Waals surface area contributed by atoms with E-state index >= 15 is 0 Å². The van der Waals surface area contributed by atoms with E-state index in [-0.39, 0.29) is 16.7 Å². The lowest BCUT2D eigenvalue weighted by molar-refractivity contribution is -0.117. The molecule has 1 saturated carbocycles. The molecule has 2 aliphatic rings. The summed E-state index contributed by atoms with van der Waals surface area (Å²) in [7, 11) is -3.63. The van der Waals surface area contributed by atoms with Crippen molar-refractivity contribution < 1.29 is 13.2 Å². The lowest BCUT2D eigenvalue weighted by Gasteiger charge is -2.10. The molecule has 0 radical (unpaired) electrons. The molecule has 0 unspecified atom stereocenters. The smallest absolute Gasteiger partial charge is 0.262 e. The number of carbonyl (C=O) groups excluding carboxylic acids is 1. The Balaban J connectivity index is 1.65. The first-order chi connectivity index (χ1) is 11.5. The number of amides is 1. The second-order valence-corrected chi connectivity index (χ2v) is 8.26. The van der Waals surface area contributed by atoms with Crippen LogP contribution in [0.25, 0.3) is 0 Å². The number of benzene rings is 1. The van der Waals surface area contributed by atoms with Crippen molar-refractivity contribution in [1.29, 1.82) is 0 Å². The number of nitrogens with zero attached hydrogens (tertiary/aromatic N) is 1. The third kappa shape index (κ3) is 4.14. The van der Waals surface area contributed by atoms with Gasteiger partial charge >= 0.3 is 0 Å². The van der Waals surface area contributed by atoms with Gasteiger partial charge in [-0.15, -0.1) is 0 Å². The van der Waals surface area contributed by atoms with Crippen LogP contribution in [-0.2, 0) is 14.8 Å². The molecule has 0 bridgehead atoms. The van der Waals surface area contributed by atoms with Gasteiger partial charge in [0.25, 0.3) is 10.0 Å². The van der Waals surface area contributed by atoms with E-state index < -0.39 is 10.0 Å². The fourth-order valence-corrected chi connectivity index (χ4v) is 3.90. The van der Waals surface area contributed by atoms with Crippen LogP contribution in [-0.4, -0.2) is 26.7 Å². The highest BCUT2D eigenvalue weighted by Crippen LogP contribution is 2.38. The summed E-state index contributed by atoms with van der Waals surface area (Å²) in [5.74, 6) is 1.06. The minimum absolute atomic E-state index is 0.00374. The van der Waals surface area contributed by atoms with E-state index in [4.69, 9.17) is 0 Å². The van der Waals surface area contributed by atoms with Crippen molar-refractivity contribution in [2.24, 2.45) is 16.8 Å². The topological polar surface area (TPSA) is 87.6 Å². The van der Waals surface area contributed by atoms with Crippen LogP contribution in [0.5, 0.6) is 0 Å². The number of anilines is 1. The van der Waals surface area contributed by atoms with E-state index in [1.165, 1.54) is 12.1 Å². The summed E-state index contributed by atoms with van der Waals surface area (Å²) >= 11 is 0. The van der Waals surface area contributed by atoms with E-state index in [9.17, 15) is 13.2 Å². The van der Waals surface area contributed by atoms with Gasteiger partial charge in [0, 0.05) is 24.6 Å². The van der Waals surface area contributed by atoms with Crippen molar-refractivity contribution in [2.75, 3.05) is 11.9 Å². The van der Waals surface area contributed by atoms with Gasteiger partial charge in [-0.2, -0.15) is 0 Å². The number of carbonyl (C=O) groups is 1. The summed E-state index contributed by atoms with van der Waals surface area (Å²) in [6.07, 6.45) is 4.60. The van der Waals surface area contributed by atoms with Gasteiger partial charge in [0.2, 0.25) is 5.91 Å². The molecular formula is C17H23N3O3S. The summed E-state index contributed by atoms with van der Waals surface area (Å²) in [4.78, 5) is 16.4. The quantitative estimate of drug-likeness (QED) is 0.875. The van der Waals surface area contributed by atoms with Crippen LogP contribution in [0, 0.1) is 11.8 Å². The lowest BCUT2D eigenvalue weighted by Crippen LogP contribution is -2.30. The molecule has 24 heavy (non-hydrogen) atoms. The Labute approximate surface area is 142 Å². The molecule has 2 N–H and O–H groups in total. The average Bonchev–Trinajstić information content (AvgIpc) is 3.31. The van der Waals surface area contributed by atoms with Crippen LogP contribution in [0.15, 0.2) is 34.2 Å². The summed E-state index contributed by atoms with van der Waals surface area (Å²) in [5, 5.41) is 2.82. The SMILES string of the molecule is C[C@H]1C[C@H]1C(=O)Nc1ccc(S(=O)(=O)NC2=NCCCCC2)cc1. The summed E-state index contributed by atoms with van der Waals surface area (Å²) in [6.45, 7) is 2.71.